The predicted octanol–water partition coefficient (Wildman–Crippen LogP) is 1.93. The van der Waals surface area contributed by atoms with Crippen LogP contribution in [0.15, 0.2) is 18.2 Å². The third-order valence-corrected chi connectivity index (χ3v) is 4.50. The summed E-state index contributed by atoms with van der Waals surface area (Å²) in [7, 11) is 3.84. The fourth-order valence-corrected chi connectivity index (χ4v) is 3.31. The molecule has 3 rings (SSSR count). The summed E-state index contributed by atoms with van der Waals surface area (Å²) in [4.78, 5) is 2.27. The monoisotopic (exact) mass is 290 g/mol. The zero-order valence-electron chi connectivity index (χ0n) is 13.1. The van der Waals surface area contributed by atoms with Crippen molar-refractivity contribution in [3.8, 4) is 11.5 Å². The summed E-state index contributed by atoms with van der Waals surface area (Å²) >= 11 is 0. The van der Waals surface area contributed by atoms with Crippen LogP contribution in [0.5, 0.6) is 11.5 Å². The first-order chi connectivity index (χ1) is 10.3. The Labute approximate surface area is 127 Å². The van der Waals surface area contributed by atoms with Crippen molar-refractivity contribution < 1.29 is 9.47 Å². The summed E-state index contributed by atoms with van der Waals surface area (Å²) in [5.74, 6) is 2.53. The van der Waals surface area contributed by atoms with Gasteiger partial charge in [0.25, 0.3) is 0 Å². The second-order valence-corrected chi connectivity index (χ2v) is 6.33. The molecule has 0 radical (unpaired) electrons. The van der Waals surface area contributed by atoms with Crippen LogP contribution in [0.1, 0.15) is 18.4 Å². The summed E-state index contributed by atoms with van der Waals surface area (Å²) in [6.45, 7) is 4.28. The second-order valence-electron chi connectivity index (χ2n) is 6.33. The van der Waals surface area contributed by atoms with Crippen LogP contribution < -0.4 is 14.8 Å². The summed E-state index contributed by atoms with van der Waals surface area (Å²) in [5.41, 5.74) is 1.29. The van der Waals surface area contributed by atoms with Crippen molar-refractivity contribution >= 4 is 0 Å². The molecule has 2 aliphatic rings. The molecule has 2 saturated heterocycles. The second kappa shape index (κ2) is 6.67. The Bertz CT molecular complexity index is 466. The molecule has 1 unspecified atom stereocenters. The molecule has 116 valence electrons. The highest BCUT2D eigenvalue weighted by atomic mass is 16.5. The Balaban J connectivity index is 1.74. The lowest BCUT2D eigenvalue weighted by molar-refractivity contribution is 0.0361. The lowest BCUT2D eigenvalue weighted by Gasteiger charge is -2.37. The van der Waals surface area contributed by atoms with Crippen LogP contribution in [0.4, 0.5) is 0 Å². The summed E-state index contributed by atoms with van der Waals surface area (Å²) in [6, 6.07) is 6.26. The number of likely N-dealkylation sites (N-methyl/N-ethyl adjacent to an activating group) is 1. The van der Waals surface area contributed by atoms with Gasteiger partial charge in [-0.25, -0.2) is 0 Å². The number of hydrogen-bond donors (Lipinski definition) is 1. The van der Waals surface area contributed by atoms with E-state index in [0.717, 1.165) is 44.1 Å². The van der Waals surface area contributed by atoms with Crippen molar-refractivity contribution in [2.24, 2.45) is 5.92 Å². The Morgan fingerprint density at radius 2 is 2.19 bits per heavy atom. The average molecular weight is 290 g/mol. The number of piperidine rings is 1. The van der Waals surface area contributed by atoms with Gasteiger partial charge in [-0.05, 0) is 56.9 Å². The first-order valence-corrected chi connectivity index (χ1v) is 7.98. The summed E-state index contributed by atoms with van der Waals surface area (Å²) in [6.07, 6.45) is 3.95. The molecule has 0 spiro atoms. The van der Waals surface area contributed by atoms with E-state index in [4.69, 9.17) is 9.47 Å². The minimum absolute atomic E-state index is 0.300. The van der Waals surface area contributed by atoms with Gasteiger partial charge >= 0.3 is 0 Å². The number of nitrogens with zero attached hydrogens (tertiary/aromatic N) is 1. The first kappa shape index (κ1) is 14.7. The van der Waals surface area contributed by atoms with Crippen molar-refractivity contribution in [3.05, 3.63) is 23.8 Å². The number of rotatable bonds is 5. The van der Waals surface area contributed by atoms with E-state index < -0.39 is 0 Å². The smallest absolute Gasteiger partial charge is 0.164 e. The average Bonchev–Trinajstić information content (AvgIpc) is 2.48. The third kappa shape index (κ3) is 3.50. The van der Waals surface area contributed by atoms with E-state index in [2.05, 4.69) is 29.4 Å². The van der Waals surface area contributed by atoms with Crippen LogP contribution in [-0.4, -0.2) is 51.3 Å². The maximum atomic E-state index is 6.23. The molecule has 4 heteroatoms. The molecule has 4 nitrogen and oxygen atoms in total. The van der Waals surface area contributed by atoms with Gasteiger partial charge in [-0.15, -0.1) is 0 Å². The minimum Gasteiger partial charge on any atom is -0.493 e. The fourth-order valence-electron chi connectivity index (χ4n) is 3.31. The standard InChI is InChI=1S/C17H26N2O2/c1-19-11-15(12-19)21-17-14(6-3-7-16(17)20-2)9-13-5-4-8-18-10-13/h3,6-7,13,15,18H,4-5,8-12H2,1-2H3. The number of likely N-dealkylation sites (tertiary alicyclic amines) is 1. The van der Waals surface area contributed by atoms with Gasteiger partial charge in [0, 0.05) is 13.1 Å². The molecule has 1 N–H and O–H groups in total. The van der Waals surface area contributed by atoms with E-state index in [0.29, 0.717) is 12.0 Å². The van der Waals surface area contributed by atoms with Gasteiger partial charge in [0.15, 0.2) is 11.5 Å². The Kier molecular flexibility index (Phi) is 4.66. The molecule has 1 aromatic rings. The number of methoxy groups -OCH3 is 1. The van der Waals surface area contributed by atoms with Gasteiger partial charge < -0.3 is 14.8 Å². The quantitative estimate of drug-likeness (QED) is 0.898. The van der Waals surface area contributed by atoms with E-state index in [9.17, 15) is 0 Å². The lowest BCUT2D eigenvalue weighted by atomic mass is 9.92. The van der Waals surface area contributed by atoms with E-state index in [1.165, 1.54) is 18.4 Å². The van der Waals surface area contributed by atoms with Gasteiger partial charge in [-0.3, -0.25) is 4.90 Å². The van der Waals surface area contributed by atoms with Crippen LogP contribution in [0.2, 0.25) is 0 Å². The molecule has 0 saturated carbocycles. The number of nitrogens with one attached hydrogen (secondary N) is 1. The van der Waals surface area contributed by atoms with Crippen LogP contribution in [0, 0.1) is 5.92 Å². The topological polar surface area (TPSA) is 33.7 Å². The van der Waals surface area contributed by atoms with Gasteiger partial charge in [0.1, 0.15) is 6.10 Å². The normalized spacial score (nSPS) is 23.6. The van der Waals surface area contributed by atoms with Crippen molar-refractivity contribution in [1.82, 2.24) is 10.2 Å². The van der Waals surface area contributed by atoms with Gasteiger partial charge in [0.2, 0.25) is 0 Å². The highest BCUT2D eigenvalue weighted by Gasteiger charge is 2.27. The number of para-hydroxylation sites is 1. The SMILES string of the molecule is COc1cccc(CC2CCCNC2)c1OC1CN(C)C1. The van der Waals surface area contributed by atoms with Crippen molar-refractivity contribution in [3.63, 3.8) is 0 Å². The molecule has 2 fully saturated rings. The fraction of sp³-hybridized carbons (Fsp3) is 0.647. The van der Waals surface area contributed by atoms with E-state index in [1.54, 1.807) is 7.11 Å². The highest BCUT2D eigenvalue weighted by molar-refractivity contribution is 5.47. The Hall–Kier alpha value is -1.26. The van der Waals surface area contributed by atoms with Gasteiger partial charge in [-0.2, -0.15) is 0 Å². The molecule has 0 aromatic heterocycles. The van der Waals surface area contributed by atoms with Crippen LogP contribution in [-0.2, 0) is 6.42 Å². The van der Waals surface area contributed by atoms with E-state index in [-0.39, 0.29) is 0 Å². The Morgan fingerprint density at radius 1 is 1.33 bits per heavy atom. The van der Waals surface area contributed by atoms with E-state index >= 15 is 0 Å². The molecule has 2 aliphatic heterocycles. The highest BCUT2D eigenvalue weighted by Crippen LogP contribution is 2.35. The lowest BCUT2D eigenvalue weighted by Crippen LogP contribution is -2.51. The first-order valence-electron chi connectivity index (χ1n) is 7.98. The summed E-state index contributed by atoms with van der Waals surface area (Å²) < 4.78 is 11.7. The van der Waals surface area contributed by atoms with Gasteiger partial charge in [0.05, 0.1) is 7.11 Å². The van der Waals surface area contributed by atoms with Gasteiger partial charge in [-0.1, -0.05) is 12.1 Å². The molecule has 21 heavy (non-hydrogen) atoms. The molecular formula is C17H26N2O2. The Morgan fingerprint density at radius 3 is 2.86 bits per heavy atom. The zero-order chi connectivity index (χ0) is 14.7. The molecule has 0 bridgehead atoms. The van der Waals surface area contributed by atoms with Crippen molar-refractivity contribution in [2.45, 2.75) is 25.4 Å². The number of benzene rings is 1. The minimum atomic E-state index is 0.300. The maximum Gasteiger partial charge on any atom is 0.164 e. The molecular weight excluding hydrogens is 264 g/mol. The number of ether oxygens (including phenoxy) is 2. The maximum absolute atomic E-state index is 6.23. The molecule has 0 aliphatic carbocycles. The van der Waals surface area contributed by atoms with E-state index in [1.807, 2.05) is 6.07 Å². The number of hydrogen-bond acceptors (Lipinski definition) is 4. The molecule has 2 heterocycles. The van der Waals surface area contributed by atoms with Crippen LogP contribution in [0.3, 0.4) is 0 Å². The largest absolute Gasteiger partial charge is 0.493 e. The summed E-state index contributed by atoms with van der Waals surface area (Å²) in [5, 5.41) is 3.49. The van der Waals surface area contributed by atoms with Crippen molar-refractivity contribution in [1.29, 1.82) is 0 Å². The molecule has 1 aromatic carbocycles. The molecule has 0 amide bonds. The molecule has 1 atom stereocenters. The van der Waals surface area contributed by atoms with Crippen LogP contribution >= 0.6 is 0 Å². The van der Waals surface area contributed by atoms with Crippen LogP contribution in [0.25, 0.3) is 0 Å². The van der Waals surface area contributed by atoms with Crippen molar-refractivity contribution in [2.75, 3.05) is 40.3 Å². The zero-order valence-corrected chi connectivity index (χ0v) is 13.1. The third-order valence-electron chi connectivity index (χ3n) is 4.50. The predicted molar refractivity (Wildman–Crippen MR) is 84.2 cm³/mol.